The Balaban J connectivity index is 1.48. The Morgan fingerprint density at radius 1 is 1.07 bits per heavy atom. The smallest absolute Gasteiger partial charge is 0.267 e. The highest BCUT2D eigenvalue weighted by Gasteiger charge is 2.27. The largest absolute Gasteiger partial charge is 0.396 e. The van der Waals surface area contributed by atoms with Crippen molar-refractivity contribution in [2.24, 2.45) is 0 Å². The zero-order chi connectivity index (χ0) is 19.7. The van der Waals surface area contributed by atoms with E-state index < -0.39 is 0 Å². The molecule has 0 radical (unpaired) electrons. The van der Waals surface area contributed by atoms with Crippen LogP contribution in [0.4, 0.5) is 11.4 Å². The number of hydrogen-bond donors (Lipinski definition) is 1. The summed E-state index contributed by atoms with van der Waals surface area (Å²) in [5.41, 5.74) is 12.0. The third-order valence-electron chi connectivity index (χ3n) is 5.15. The molecule has 2 aromatic heterocycles. The molecule has 3 heterocycles. The minimum atomic E-state index is -0.0316. The van der Waals surface area contributed by atoms with Crippen molar-refractivity contribution in [3.63, 3.8) is 0 Å². The first-order chi connectivity index (χ1) is 13.5. The van der Waals surface area contributed by atoms with E-state index in [0.29, 0.717) is 29.3 Å². The summed E-state index contributed by atoms with van der Waals surface area (Å²) in [7, 11) is 0. The molecule has 0 aliphatic carbocycles. The molecule has 6 nitrogen and oxygen atoms in total. The quantitative estimate of drug-likeness (QED) is 0.738. The lowest BCUT2D eigenvalue weighted by Crippen LogP contribution is -2.49. The van der Waals surface area contributed by atoms with Crippen LogP contribution in [0.2, 0.25) is 0 Å². The van der Waals surface area contributed by atoms with E-state index in [1.165, 1.54) is 28.3 Å². The van der Waals surface area contributed by atoms with Crippen LogP contribution in [-0.4, -0.2) is 46.3 Å². The molecule has 0 atom stereocenters. The van der Waals surface area contributed by atoms with E-state index in [0.717, 1.165) is 18.7 Å². The van der Waals surface area contributed by atoms with Crippen LogP contribution in [-0.2, 0) is 0 Å². The van der Waals surface area contributed by atoms with E-state index in [1.54, 1.807) is 12.4 Å². The molecule has 28 heavy (non-hydrogen) atoms. The number of aromatic nitrogens is 2. The monoisotopic (exact) mass is 393 g/mol. The lowest BCUT2D eigenvalue weighted by molar-refractivity contribution is 0.0752. The number of anilines is 2. The number of pyridine rings is 1. The van der Waals surface area contributed by atoms with Crippen LogP contribution < -0.4 is 10.6 Å². The molecule has 1 fully saturated rings. The first-order valence-electron chi connectivity index (χ1n) is 9.31. The van der Waals surface area contributed by atoms with Gasteiger partial charge in [-0.2, -0.15) is 4.37 Å². The van der Waals surface area contributed by atoms with E-state index in [4.69, 9.17) is 5.73 Å². The minimum absolute atomic E-state index is 0.0316. The number of aryl methyl sites for hydroxylation is 2. The first-order valence-corrected chi connectivity index (χ1v) is 10.1. The van der Waals surface area contributed by atoms with Crippen LogP contribution in [0.15, 0.2) is 42.7 Å². The maximum absolute atomic E-state index is 13.0. The number of piperazine rings is 1. The molecular weight excluding hydrogens is 370 g/mol. The van der Waals surface area contributed by atoms with Gasteiger partial charge in [0.05, 0.1) is 5.69 Å². The molecular formula is C21H23N5OS. The molecule has 0 saturated carbocycles. The van der Waals surface area contributed by atoms with Gasteiger partial charge in [0.25, 0.3) is 5.91 Å². The van der Waals surface area contributed by atoms with Gasteiger partial charge in [0.15, 0.2) is 0 Å². The molecule has 1 amide bonds. The third kappa shape index (κ3) is 3.45. The lowest BCUT2D eigenvalue weighted by atomic mass is 10.1. The minimum Gasteiger partial charge on any atom is -0.396 e. The van der Waals surface area contributed by atoms with Crippen LogP contribution in [0.1, 0.15) is 20.8 Å². The van der Waals surface area contributed by atoms with E-state index in [2.05, 4.69) is 46.3 Å². The second-order valence-electron chi connectivity index (χ2n) is 7.08. The van der Waals surface area contributed by atoms with Crippen molar-refractivity contribution in [1.29, 1.82) is 0 Å². The Hall–Kier alpha value is -2.93. The standard InChI is InChI=1S/C21H23N5OS/c1-14-3-4-15(2)17(13-14)25-9-11-26(12-10-25)21(27)20-18(22)19(24-28-20)16-5-7-23-8-6-16/h3-8,13H,9-12,22H2,1-2H3. The van der Waals surface area contributed by atoms with Crippen molar-refractivity contribution < 1.29 is 4.79 Å². The van der Waals surface area contributed by atoms with Gasteiger partial charge in [0.1, 0.15) is 10.6 Å². The second-order valence-corrected chi connectivity index (χ2v) is 7.85. The van der Waals surface area contributed by atoms with Gasteiger partial charge in [-0.3, -0.25) is 9.78 Å². The number of nitrogens with zero attached hydrogens (tertiary/aromatic N) is 4. The number of rotatable bonds is 3. The number of nitrogens with two attached hydrogens (primary N) is 1. The fourth-order valence-electron chi connectivity index (χ4n) is 3.52. The van der Waals surface area contributed by atoms with E-state index in [9.17, 15) is 4.79 Å². The predicted molar refractivity (Wildman–Crippen MR) is 114 cm³/mol. The molecule has 7 heteroatoms. The van der Waals surface area contributed by atoms with Gasteiger partial charge in [-0.05, 0) is 54.7 Å². The Labute approximate surface area is 168 Å². The van der Waals surface area contributed by atoms with Gasteiger partial charge in [-0.15, -0.1) is 0 Å². The van der Waals surface area contributed by atoms with Crippen LogP contribution in [0, 0.1) is 13.8 Å². The molecule has 1 saturated heterocycles. The van der Waals surface area contributed by atoms with Crippen molar-refractivity contribution in [2.45, 2.75) is 13.8 Å². The summed E-state index contributed by atoms with van der Waals surface area (Å²) in [6, 6.07) is 10.2. The van der Waals surface area contributed by atoms with Crippen molar-refractivity contribution in [3.8, 4) is 11.3 Å². The predicted octanol–water partition coefficient (Wildman–Crippen LogP) is 3.37. The number of carbonyl (C=O) groups is 1. The Morgan fingerprint density at radius 3 is 2.50 bits per heavy atom. The molecule has 4 rings (SSSR count). The van der Waals surface area contributed by atoms with Gasteiger partial charge < -0.3 is 15.5 Å². The second kappa shape index (κ2) is 7.59. The maximum Gasteiger partial charge on any atom is 0.267 e. The highest BCUT2D eigenvalue weighted by atomic mass is 32.1. The molecule has 144 valence electrons. The molecule has 0 spiro atoms. The number of amides is 1. The van der Waals surface area contributed by atoms with Crippen molar-refractivity contribution in [3.05, 3.63) is 58.7 Å². The van der Waals surface area contributed by atoms with Gasteiger partial charge in [0, 0.05) is 49.8 Å². The van der Waals surface area contributed by atoms with Gasteiger partial charge in [-0.25, -0.2) is 0 Å². The molecule has 3 aromatic rings. The fourth-order valence-corrected chi connectivity index (χ4v) is 4.31. The summed E-state index contributed by atoms with van der Waals surface area (Å²) in [6.07, 6.45) is 3.39. The molecule has 0 bridgehead atoms. The maximum atomic E-state index is 13.0. The van der Waals surface area contributed by atoms with Gasteiger partial charge in [-0.1, -0.05) is 12.1 Å². The van der Waals surface area contributed by atoms with Crippen LogP contribution in [0.25, 0.3) is 11.3 Å². The van der Waals surface area contributed by atoms with Crippen LogP contribution >= 0.6 is 11.5 Å². The molecule has 1 aliphatic rings. The van der Waals surface area contributed by atoms with E-state index >= 15 is 0 Å². The van der Waals surface area contributed by atoms with Crippen molar-refractivity contribution >= 4 is 28.8 Å². The average molecular weight is 394 g/mol. The SMILES string of the molecule is Cc1ccc(C)c(N2CCN(C(=O)c3snc(-c4ccncc4)c3N)CC2)c1. The van der Waals surface area contributed by atoms with Crippen LogP contribution in [0.3, 0.4) is 0 Å². The number of nitrogen functional groups attached to an aromatic ring is 1. The zero-order valence-electron chi connectivity index (χ0n) is 16.1. The highest BCUT2D eigenvalue weighted by Crippen LogP contribution is 2.32. The molecule has 1 aromatic carbocycles. The number of benzene rings is 1. The molecule has 0 unspecified atom stereocenters. The number of carbonyl (C=O) groups excluding carboxylic acids is 1. The Kier molecular flexibility index (Phi) is 5.00. The summed E-state index contributed by atoms with van der Waals surface area (Å²) >= 11 is 1.17. The molecule has 1 aliphatic heterocycles. The molecule has 2 N–H and O–H groups in total. The highest BCUT2D eigenvalue weighted by molar-refractivity contribution is 7.09. The van der Waals surface area contributed by atoms with Gasteiger partial charge in [0.2, 0.25) is 0 Å². The fraction of sp³-hybridized carbons (Fsp3) is 0.286. The topological polar surface area (TPSA) is 75.3 Å². The third-order valence-corrected chi connectivity index (χ3v) is 6.00. The summed E-state index contributed by atoms with van der Waals surface area (Å²) in [6.45, 7) is 7.21. The average Bonchev–Trinajstić information content (AvgIpc) is 3.11. The normalized spacial score (nSPS) is 14.4. The first kappa shape index (κ1) is 18.4. The lowest BCUT2D eigenvalue weighted by Gasteiger charge is -2.36. The Morgan fingerprint density at radius 2 is 1.79 bits per heavy atom. The van der Waals surface area contributed by atoms with Crippen molar-refractivity contribution in [1.82, 2.24) is 14.3 Å². The Bertz CT molecular complexity index is 993. The summed E-state index contributed by atoms with van der Waals surface area (Å²) < 4.78 is 4.42. The van der Waals surface area contributed by atoms with Crippen molar-refractivity contribution in [2.75, 3.05) is 36.8 Å². The van der Waals surface area contributed by atoms with Crippen LogP contribution in [0.5, 0.6) is 0 Å². The summed E-state index contributed by atoms with van der Waals surface area (Å²) in [5.74, 6) is -0.0316. The van der Waals surface area contributed by atoms with Gasteiger partial charge >= 0.3 is 0 Å². The summed E-state index contributed by atoms with van der Waals surface area (Å²) in [4.78, 5) is 21.8. The van der Waals surface area contributed by atoms with E-state index in [-0.39, 0.29) is 5.91 Å². The zero-order valence-corrected chi connectivity index (χ0v) is 16.9. The van der Waals surface area contributed by atoms with E-state index in [1.807, 2.05) is 17.0 Å². The number of hydrogen-bond acceptors (Lipinski definition) is 6. The summed E-state index contributed by atoms with van der Waals surface area (Å²) in [5, 5.41) is 0.